The molecule has 0 saturated heterocycles. The molecule has 0 spiro atoms. The Morgan fingerprint density at radius 1 is 0.971 bits per heavy atom. The molecule has 1 aromatic carbocycles. The number of anilines is 2. The maximum absolute atomic E-state index is 6.53. The Hall–Kier alpha value is -3.39. The highest BCUT2D eigenvalue weighted by Crippen LogP contribution is 2.29. The van der Waals surface area contributed by atoms with Crippen LogP contribution >= 0.6 is 11.6 Å². The molecule has 0 atom stereocenters. The third kappa shape index (κ3) is 5.32. The Balaban J connectivity index is 1.80. The Bertz CT molecular complexity index is 1290. The van der Waals surface area contributed by atoms with Gasteiger partial charge in [0.25, 0.3) is 0 Å². The summed E-state index contributed by atoms with van der Waals surface area (Å²) < 4.78 is 7.39. The van der Waals surface area contributed by atoms with Gasteiger partial charge in [0.15, 0.2) is 11.4 Å². The van der Waals surface area contributed by atoms with Gasteiger partial charge in [-0.05, 0) is 45.4 Å². The fourth-order valence-corrected chi connectivity index (χ4v) is 4.43. The van der Waals surface area contributed by atoms with E-state index in [-0.39, 0.29) is 0 Å². The van der Waals surface area contributed by atoms with Gasteiger partial charge in [-0.25, -0.2) is 15.0 Å². The molecule has 0 N–H and O–H groups in total. The summed E-state index contributed by atoms with van der Waals surface area (Å²) >= 11 is 6.53. The average molecular weight is 494 g/mol. The van der Waals surface area contributed by atoms with Crippen molar-refractivity contribution in [3.63, 3.8) is 0 Å². The molecule has 0 aliphatic rings. The van der Waals surface area contributed by atoms with E-state index in [0.29, 0.717) is 36.4 Å². The van der Waals surface area contributed by atoms with Crippen molar-refractivity contribution in [3.05, 3.63) is 64.6 Å². The third-order valence-electron chi connectivity index (χ3n) is 6.01. The van der Waals surface area contributed by atoms with E-state index >= 15 is 0 Å². The largest absolute Gasteiger partial charge is 0.491 e. The molecule has 4 rings (SSSR count). The summed E-state index contributed by atoms with van der Waals surface area (Å²) in [6.45, 7) is 11.6. The number of hydrogen-bond acceptors (Lipinski definition) is 7. The highest BCUT2D eigenvalue weighted by molar-refractivity contribution is 6.31. The number of aromatic nitrogens is 5. The highest BCUT2D eigenvalue weighted by atomic mass is 35.5. The molecule has 0 unspecified atom stereocenters. The second-order valence-electron chi connectivity index (χ2n) is 8.32. The molecule has 0 saturated carbocycles. The number of benzene rings is 1. The number of halogens is 1. The normalized spacial score (nSPS) is 11.1. The molecular formula is C26H32ClN7O. The molecule has 0 aliphatic heterocycles. The molecule has 0 bridgehead atoms. The topological polar surface area (TPSA) is 72.2 Å². The van der Waals surface area contributed by atoms with Crippen LogP contribution in [0.25, 0.3) is 11.0 Å². The number of nitrogens with zero attached hydrogens (tertiary/aromatic N) is 7. The molecule has 184 valence electrons. The molecule has 3 heterocycles. The summed E-state index contributed by atoms with van der Waals surface area (Å²) in [6, 6.07) is 10.1. The maximum atomic E-state index is 6.53. The number of rotatable bonds is 10. The second-order valence-corrected chi connectivity index (χ2v) is 8.73. The molecule has 0 aliphatic carbocycles. The summed E-state index contributed by atoms with van der Waals surface area (Å²) in [5.41, 5.74) is 3.92. The summed E-state index contributed by atoms with van der Waals surface area (Å²) in [4.78, 5) is 18.7. The summed E-state index contributed by atoms with van der Waals surface area (Å²) in [6.07, 6.45) is 3.42. The third-order valence-corrected chi connectivity index (χ3v) is 6.38. The van der Waals surface area contributed by atoms with Gasteiger partial charge in [-0.15, -0.1) is 0 Å². The monoisotopic (exact) mass is 493 g/mol. The van der Waals surface area contributed by atoms with Crippen molar-refractivity contribution < 1.29 is 4.74 Å². The van der Waals surface area contributed by atoms with Crippen LogP contribution in [-0.2, 0) is 20.1 Å². The highest BCUT2D eigenvalue weighted by Gasteiger charge is 2.20. The first-order chi connectivity index (χ1) is 16.9. The predicted octanol–water partition coefficient (Wildman–Crippen LogP) is 5.17. The number of hydrogen-bond donors (Lipinski definition) is 0. The van der Waals surface area contributed by atoms with Crippen LogP contribution < -0.4 is 14.5 Å². The smallest absolute Gasteiger partial charge is 0.226 e. The van der Waals surface area contributed by atoms with Crippen LogP contribution in [0.4, 0.5) is 11.8 Å². The van der Waals surface area contributed by atoms with Gasteiger partial charge in [0.2, 0.25) is 5.95 Å². The average Bonchev–Trinajstić information content (AvgIpc) is 3.14. The molecule has 3 aromatic heterocycles. The fraction of sp³-hybridized carbons (Fsp3) is 0.385. The van der Waals surface area contributed by atoms with Crippen LogP contribution in [0.3, 0.4) is 0 Å². The molecule has 9 heteroatoms. The minimum atomic E-state index is 0.551. The second kappa shape index (κ2) is 10.9. The van der Waals surface area contributed by atoms with E-state index in [1.54, 1.807) is 12.4 Å². The van der Waals surface area contributed by atoms with Crippen molar-refractivity contribution in [1.29, 1.82) is 0 Å². The first-order valence-corrected chi connectivity index (χ1v) is 12.3. The van der Waals surface area contributed by atoms with Crippen LogP contribution in [0.15, 0.2) is 42.7 Å². The van der Waals surface area contributed by atoms with E-state index in [2.05, 4.69) is 44.8 Å². The van der Waals surface area contributed by atoms with Gasteiger partial charge < -0.3 is 14.5 Å². The lowest BCUT2D eigenvalue weighted by Crippen LogP contribution is -2.29. The zero-order valence-corrected chi connectivity index (χ0v) is 21.7. The molecule has 8 nitrogen and oxygen atoms in total. The maximum Gasteiger partial charge on any atom is 0.226 e. The lowest BCUT2D eigenvalue weighted by Gasteiger charge is -2.28. The minimum Gasteiger partial charge on any atom is -0.491 e. The number of ether oxygens (including phenoxy) is 1. The van der Waals surface area contributed by atoms with Crippen LogP contribution in [0, 0.1) is 6.92 Å². The summed E-state index contributed by atoms with van der Waals surface area (Å²) in [7, 11) is 1.94. The van der Waals surface area contributed by atoms with Crippen LogP contribution in [0.5, 0.6) is 5.75 Å². The SMILES string of the molecule is CCOc1cnc(N(Cc2ccccc2Cl)Cc2cc3c(C)nn(C)c3nc2N(CC)CC)nc1. The lowest BCUT2D eigenvalue weighted by atomic mass is 10.1. The van der Waals surface area contributed by atoms with Crippen molar-refractivity contribution >= 4 is 34.4 Å². The first-order valence-electron chi connectivity index (χ1n) is 12.0. The van der Waals surface area contributed by atoms with E-state index in [1.165, 1.54) is 0 Å². The van der Waals surface area contributed by atoms with Gasteiger partial charge in [-0.2, -0.15) is 5.10 Å². The van der Waals surface area contributed by atoms with Crippen LogP contribution in [0.1, 0.15) is 37.6 Å². The van der Waals surface area contributed by atoms with Crippen LogP contribution in [-0.4, -0.2) is 44.4 Å². The van der Waals surface area contributed by atoms with E-state index in [9.17, 15) is 0 Å². The zero-order chi connectivity index (χ0) is 24.9. The van der Waals surface area contributed by atoms with E-state index in [4.69, 9.17) is 21.3 Å². The van der Waals surface area contributed by atoms with E-state index in [1.807, 2.05) is 49.8 Å². The number of pyridine rings is 1. The zero-order valence-electron chi connectivity index (χ0n) is 21.0. The molecule has 0 fully saturated rings. The van der Waals surface area contributed by atoms with Crippen molar-refractivity contribution in [2.24, 2.45) is 7.05 Å². The quantitative estimate of drug-likeness (QED) is 0.301. The minimum absolute atomic E-state index is 0.551. The molecule has 0 amide bonds. The Labute approximate surface area is 211 Å². The van der Waals surface area contributed by atoms with Gasteiger partial charge in [-0.1, -0.05) is 29.8 Å². The Kier molecular flexibility index (Phi) is 7.70. The fourth-order valence-electron chi connectivity index (χ4n) is 4.24. The van der Waals surface area contributed by atoms with Gasteiger partial charge in [0.1, 0.15) is 5.82 Å². The van der Waals surface area contributed by atoms with Crippen molar-refractivity contribution in [2.45, 2.75) is 40.8 Å². The Morgan fingerprint density at radius 3 is 2.31 bits per heavy atom. The molecule has 4 aromatic rings. The van der Waals surface area contributed by atoms with E-state index in [0.717, 1.165) is 46.8 Å². The predicted molar refractivity (Wildman–Crippen MR) is 141 cm³/mol. The van der Waals surface area contributed by atoms with E-state index < -0.39 is 0 Å². The van der Waals surface area contributed by atoms with Gasteiger partial charge in [0, 0.05) is 49.2 Å². The number of aryl methyl sites for hydroxylation is 2. The van der Waals surface area contributed by atoms with Crippen LogP contribution in [0.2, 0.25) is 5.02 Å². The Morgan fingerprint density at radius 2 is 1.66 bits per heavy atom. The molecular weight excluding hydrogens is 462 g/mol. The van der Waals surface area contributed by atoms with Gasteiger partial charge >= 0.3 is 0 Å². The molecule has 35 heavy (non-hydrogen) atoms. The summed E-state index contributed by atoms with van der Waals surface area (Å²) in [5.74, 6) is 2.19. The standard InChI is InChI=1S/C26H32ClN7O/c1-6-33(7-2)24-20(13-22-18(4)31-32(5)25(22)30-24)17-34(16-19-11-9-10-12-23(19)27)26-28-14-21(15-29-26)35-8-3/h9-15H,6-8,16-17H2,1-5H3. The van der Waals surface area contributed by atoms with Crippen molar-refractivity contribution in [3.8, 4) is 5.75 Å². The first kappa shape index (κ1) is 24.7. The van der Waals surface area contributed by atoms with Gasteiger partial charge in [0.05, 0.1) is 24.7 Å². The lowest BCUT2D eigenvalue weighted by molar-refractivity contribution is 0.337. The van der Waals surface area contributed by atoms with Crippen molar-refractivity contribution in [2.75, 3.05) is 29.5 Å². The number of fused-ring (bicyclic) bond motifs is 1. The molecule has 0 radical (unpaired) electrons. The van der Waals surface area contributed by atoms with Gasteiger partial charge in [-0.3, -0.25) is 4.68 Å². The van der Waals surface area contributed by atoms with Crippen molar-refractivity contribution in [1.82, 2.24) is 24.7 Å². The summed E-state index contributed by atoms with van der Waals surface area (Å²) in [5, 5.41) is 6.35.